The molecular formula is C27H26F2KNO4. The van der Waals surface area contributed by atoms with Gasteiger partial charge in [0.1, 0.15) is 17.6 Å². The van der Waals surface area contributed by atoms with Crippen molar-refractivity contribution in [3.05, 3.63) is 90.0 Å². The molecule has 35 heavy (non-hydrogen) atoms. The van der Waals surface area contributed by atoms with Crippen LogP contribution in [-0.4, -0.2) is 30.8 Å². The molecule has 1 aliphatic rings. The van der Waals surface area contributed by atoms with Crippen LogP contribution >= 0.6 is 0 Å². The van der Waals surface area contributed by atoms with Crippen LogP contribution in [0.25, 0.3) is 17.2 Å². The van der Waals surface area contributed by atoms with E-state index < -0.39 is 17.6 Å². The third kappa shape index (κ3) is 7.96. The molecule has 3 aromatic carbocycles. The number of aliphatic carboxylic acids is 1. The van der Waals surface area contributed by atoms with Gasteiger partial charge >= 0.3 is 57.4 Å². The van der Waals surface area contributed by atoms with Gasteiger partial charge in [-0.1, -0.05) is 24.8 Å². The first-order valence-electron chi connectivity index (χ1n) is 10.8. The van der Waals surface area contributed by atoms with Crippen molar-refractivity contribution in [2.24, 2.45) is 0 Å². The van der Waals surface area contributed by atoms with Gasteiger partial charge in [-0.25, -0.2) is 8.78 Å². The van der Waals surface area contributed by atoms with Crippen LogP contribution < -0.4 is 66.2 Å². The van der Waals surface area contributed by atoms with Gasteiger partial charge in [-0.2, -0.15) is 30.3 Å². The van der Waals surface area contributed by atoms with E-state index in [1.165, 1.54) is 13.2 Å². The summed E-state index contributed by atoms with van der Waals surface area (Å²) in [5.41, 5.74) is 1.67. The van der Waals surface area contributed by atoms with Crippen molar-refractivity contribution < 1.29 is 79.5 Å². The second-order valence-electron chi connectivity index (χ2n) is 7.58. The fourth-order valence-corrected chi connectivity index (χ4v) is 3.54. The molecule has 1 atom stereocenters. The molecule has 8 heteroatoms. The summed E-state index contributed by atoms with van der Waals surface area (Å²) >= 11 is 0. The average Bonchev–Trinajstić information content (AvgIpc) is 3.41. The molecule has 2 N–H and O–H groups in total. The second-order valence-corrected chi connectivity index (χ2v) is 7.58. The number of methoxy groups -OCH3 is 1. The smallest absolute Gasteiger partial charge is 0.501 e. The molecule has 1 aliphatic heterocycles. The van der Waals surface area contributed by atoms with E-state index in [1.807, 2.05) is 24.3 Å². The van der Waals surface area contributed by atoms with E-state index in [2.05, 4.69) is 18.0 Å². The summed E-state index contributed by atoms with van der Waals surface area (Å²) in [6.45, 7) is 4.80. The van der Waals surface area contributed by atoms with Gasteiger partial charge in [0, 0.05) is 5.56 Å². The zero-order valence-corrected chi connectivity index (χ0v) is 22.9. The minimum absolute atomic E-state index is 0. The zero-order valence-electron chi connectivity index (χ0n) is 19.8. The molecule has 178 valence electrons. The maximum atomic E-state index is 14.7. The summed E-state index contributed by atoms with van der Waals surface area (Å²) in [5.74, 6) is -1.45. The molecule has 1 unspecified atom stereocenters. The van der Waals surface area contributed by atoms with Crippen LogP contribution in [0.2, 0.25) is 0 Å². The summed E-state index contributed by atoms with van der Waals surface area (Å²) in [6, 6.07) is 18.1. The van der Waals surface area contributed by atoms with Crippen LogP contribution in [0.5, 0.6) is 11.5 Å². The topological polar surface area (TPSA) is 67.8 Å². The monoisotopic (exact) mass is 505 g/mol. The fourth-order valence-electron chi connectivity index (χ4n) is 3.54. The van der Waals surface area contributed by atoms with Gasteiger partial charge in [0.2, 0.25) is 0 Å². The third-order valence-corrected chi connectivity index (χ3v) is 5.31. The third-order valence-electron chi connectivity index (χ3n) is 5.31. The number of carboxylic acid groups (broad SMARTS) is 1. The molecule has 0 spiro atoms. The number of benzene rings is 3. The summed E-state index contributed by atoms with van der Waals surface area (Å²) < 4.78 is 39.5. The second kappa shape index (κ2) is 14.5. The molecule has 0 aliphatic carbocycles. The molecule has 1 saturated heterocycles. The minimum Gasteiger partial charge on any atom is -0.501 e. The molecular weight excluding hydrogens is 479 g/mol. The summed E-state index contributed by atoms with van der Waals surface area (Å²) in [6.07, 6.45) is 3.03. The van der Waals surface area contributed by atoms with E-state index in [1.54, 1.807) is 24.3 Å². The zero-order chi connectivity index (χ0) is 24.5. The maximum absolute atomic E-state index is 14.7. The first kappa shape index (κ1) is 29.2. The summed E-state index contributed by atoms with van der Waals surface area (Å²) in [5, 5.41) is 11.2. The number of carboxylic acids is 1. The Hall–Kier alpha value is -2.07. The van der Waals surface area contributed by atoms with Crippen LogP contribution in [0.15, 0.2) is 61.2 Å². The van der Waals surface area contributed by atoms with Gasteiger partial charge in [0.25, 0.3) is 0 Å². The molecule has 1 fully saturated rings. The van der Waals surface area contributed by atoms with E-state index in [0.717, 1.165) is 31.0 Å². The van der Waals surface area contributed by atoms with Crippen molar-refractivity contribution >= 4 is 12.0 Å². The van der Waals surface area contributed by atoms with E-state index in [-0.39, 0.29) is 74.3 Å². The van der Waals surface area contributed by atoms with Crippen LogP contribution in [0, 0.1) is 17.7 Å². The molecule has 1 heterocycles. The Morgan fingerprint density at radius 3 is 2.54 bits per heavy atom. The molecule has 0 amide bonds. The van der Waals surface area contributed by atoms with Crippen molar-refractivity contribution in [2.75, 3.05) is 13.7 Å². The number of carbonyl (C=O) groups is 1. The van der Waals surface area contributed by atoms with E-state index in [9.17, 15) is 13.6 Å². The van der Waals surface area contributed by atoms with Gasteiger partial charge < -0.3 is 19.9 Å². The van der Waals surface area contributed by atoms with E-state index in [4.69, 9.17) is 14.6 Å². The Morgan fingerprint density at radius 1 is 1.29 bits per heavy atom. The Labute approximate surface area is 246 Å². The van der Waals surface area contributed by atoms with Crippen LogP contribution in [0.3, 0.4) is 0 Å². The van der Waals surface area contributed by atoms with Crippen molar-refractivity contribution in [1.82, 2.24) is 5.32 Å². The first-order chi connectivity index (χ1) is 16.4. The van der Waals surface area contributed by atoms with Crippen LogP contribution in [0.4, 0.5) is 8.78 Å². The molecule has 4 rings (SSSR count). The van der Waals surface area contributed by atoms with Crippen molar-refractivity contribution in [1.29, 1.82) is 0 Å². The van der Waals surface area contributed by atoms with Crippen molar-refractivity contribution in [2.45, 2.75) is 25.5 Å². The Bertz CT molecular complexity index is 1120. The van der Waals surface area contributed by atoms with Crippen LogP contribution in [0.1, 0.15) is 24.0 Å². The standard InChI is InChI=1S/C22H17F2O2.C5H9NO2.K/c1-3-18-21(24)19(13-20(23)22(18)25-2)16-9-11-17(12-10-16)26-14-15-7-5-4-6-8-15;7-5(8)4-2-1-3-6-4;/h3-5,7-13H,1,14H2,2H3;4,6H,1-3H2,(H,7,8);/q-1;;+1. The van der Waals surface area contributed by atoms with Gasteiger partial charge in [-0.15, -0.1) is 5.56 Å². The Morgan fingerprint density at radius 2 is 2.03 bits per heavy atom. The minimum atomic E-state index is -0.720. The number of halogens is 2. The summed E-state index contributed by atoms with van der Waals surface area (Å²) in [4.78, 5) is 10.1. The predicted octanol–water partition coefficient (Wildman–Crippen LogP) is 2.49. The van der Waals surface area contributed by atoms with Gasteiger partial charge in [-0.3, -0.25) is 4.79 Å². The Balaban J connectivity index is 0.000000409. The predicted molar refractivity (Wildman–Crippen MR) is 127 cm³/mol. The molecule has 0 aromatic heterocycles. The number of nitrogens with one attached hydrogen (secondary N) is 1. The molecule has 0 saturated carbocycles. The Kier molecular flexibility index (Phi) is 12.1. The van der Waals surface area contributed by atoms with Crippen molar-refractivity contribution in [3.8, 4) is 22.6 Å². The van der Waals surface area contributed by atoms with Gasteiger partial charge in [0.15, 0.2) is 11.6 Å². The quantitative estimate of drug-likeness (QED) is 0.382. The number of hydrogen-bond donors (Lipinski definition) is 2. The SMILES string of the molecule is C=Cc1c(F)c(-c2ccc(OCc3c[c-]ccc3)cc2)cc(F)c1OC.O=C(O)C1CCCN1.[K+]. The average molecular weight is 506 g/mol. The summed E-state index contributed by atoms with van der Waals surface area (Å²) in [7, 11) is 1.29. The fraction of sp³-hybridized carbons (Fsp3) is 0.222. The number of ether oxygens (including phenoxy) is 2. The van der Waals surface area contributed by atoms with Crippen molar-refractivity contribution in [3.63, 3.8) is 0 Å². The normalized spacial score (nSPS) is 14.2. The largest absolute Gasteiger partial charge is 1.00 e. The van der Waals surface area contributed by atoms with E-state index >= 15 is 0 Å². The van der Waals surface area contributed by atoms with Crippen LogP contribution in [-0.2, 0) is 11.4 Å². The molecule has 0 radical (unpaired) electrons. The first-order valence-corrected chi connectivity index (χ1v) is 10.8. The number of hydrogen-bond acceptors (Lipinski definition) is 4. The number of rotatable bonds is 7. The maximum Gasteiger partial charge on any atom is 1.00 e. The van der Waals surface area contributed by atoms with Gasteiger partial charge in [0.05, 0.1) is 19.3 Å². The molecule has 3 aromatic rings. The van der Waals surface area contributed by atoms with E-state index in [0.29, 0.717) is 17.9 Å². The van der Waals surface area contributed by atoms with Gasteiger partial charge in [-0.05, 0) is 43.1 Å². The molecule has 0 bridgehead atoms. The molecule has 5 nitrogen and oxygen atoms in total.